The predicted octanol–water partition coefficient (Wildman–Crippen LogP) is 0.527. The third-order valence-corrected chi connectivity index (χ3v) is 3.03. The van der Waals surface area contributed by atoms with E-state index in [-0.39, 0.29) is 11.1 Å². The summed E-state index contributed by atoms with van der Waals surface area (Å²) in [7, 11) is -3.44. The second kappa shape index (κ2) is 5.11. The average Bonchev–Trinajstić information content (AvgIpc) is 2.39. The van der Waals surface area contributed by atoms with Crippen molar-refractivity contribution in [3.8, 4) is 0 Å². The van der Waals surface area contributed by atoms with Crippen LogP contribution in [0.15, 0.2) is 42.1 Å². The van der Waals surface area contributed by atoms with E-state index >= 15 is 0 Å². The lowest BCUT2D eigenvalue weighted by Crippen LogP contribution is -2.13. The molecule has 2 heterocycles. The molecule has 0 radical (unpaired) electrons. The number of rotatable bonds is 3. The maximum atomic E-state index is 11.8. The summed E-state index contributed by atoms with van der Waals surface area (Å²) in [6, 6.07) is 3.11. The van der Waals surface area contributed by atoms with Crippen LogP contribution < -0.4 is 5.32 Å². The number of hydrogen-bond donors (Lipinski definition) is 1. The van der Waals surface area contributed by atoms with Crippen molar-refractivity contribution in [3.63, 3.8) is 0 Å². The Balaban J connectivity index is 2.15. The van der Waals surface area contributed by atoms with Gasteiger partial charge in [-0.15, -0.1) is 0 Å². The van der Waals surface area contributed by atoms with E-state index in [1.165, 1.54) is 24.8 Å². The zero-order valence-corrected chi connectivity index (χ0v) is 10.8. The molecule has 0 saturated carbocycles. The van der Waals surface area contributed by atoms with E-state index in [1.807, 2.05) is 0 Å². The lowest BCUT2D eigenvalue weighted by atomic mass is 10.2. The zero-order valence-electron chi connectivity index (χ0n) is 9.94. The van der Waals surface area contributed by atoms with Crippen molar-refractivity contribution in [2.45, 2.75) is 5.16 Å². The number of nitrogens with zero attached hydrogens (tertiary/aromatic N) is 3. The molecule has 0 aliphatic heterocycles. The molecule has 2 rings (SSSR count). The van der Waals surface area contributed by atoms with Crippen molar-refractivity contribution >= 4 is 21.4 Å². The lowest BCUT2D eigenvalue weighted by molar-refractivity contribution is 0.102. The molecule has 98 valence electrons. The Morgan fingerprint density at radius 1 is 1.16 bits per heavy atom. The van der Waals surface area contributed by atoms with Gasteiger partial charge in [0.15, 0.2) is 0 Å². The van der Waals surface area contributed by atoms with Gasteiger partial charge in [0, 0.05) is 24.2 Å². The number of nitrogens with one attached hydrogen (secondary N) is 1. The highest BCUT2D eigenvalue weighted by Gasteiger charge is 2.11. The first kappa shape index (κ1) is 13.1. The van der Waals surface area contributed by atoms with Gasteiger partial charge in [-0.3, -0.25) is 9.78 Å². The Kier molecular flexibility index (Phi) is 3.52. The van der Waals surface area contributed by atoms with Gasteiger partial charge in [0.1, 0.15) is 0 Å². The minimum atomic E-state index is -3.44. The van der Waals surface area contributed by atoms with Crippen molar-refractivity contribution < 1.29 is 13.2 Å². The second-order valence-corrected chi connectivity index (χ2v) is 5.63. The summed E-state index contributed by atoms with van der Waals surface area (Å²) in [6.07, 6.45) is 6.48. The van der Waals surface area contributed by atoms with E-state index in [4.69, 9.17) is 0 Å². The number of hydrogen-bond acceptors (Lipinski definition) is 6. The first-order valence-corrected chi connectivity index (χ1v) is 7.09. The zero-order chi connectivity index (χ0) is 13.9. The van der Waals surface area contributed by atoms with E-state index in [0.29, 0.717) is 11.3 Å². The quantitative estimate of drug-likeness (QED) is 0.821. The molecule has 0 spiro atoms. The molecule has 19 heavy (non-hydrogen) atoms. The summed E-state index contributed by atoms with van der Waals surface area (Å²) >= 11 is 0. The van der Waals surface area contributed by atoms with Gasteiger partial charge in [0.25, 0.3) is 5.91 Å². The molecule has 0 aliphatic rings. The van der Waals surface area contributed by atoms with Crippen LogP contribution in [-0.2, 0) is 9.84 Å². The smallest absolute Gasteiger partial charge is 0.255 e. The average molecular weight is 278 g/mol. The molecule has 0 saturated heterocycles. The topological polar surface area (TPSA) is 102 Å². The molecule has 2 aromatic rings. The molecule has 2 aromatic heterocycles. The number of anilines is 1. The molecule has 0 fully saturated rings. The molecule has 8 heteroatoms. The van der Waals surface area contributed by atoms with Crippen LogP contribution in [-0.4, -0.2) is 35.5 Å². The standard InChI is InChI=1S/C11H10N4O3S/c1-19(17,18)11-13-6-9(7-14-11)15-10(16)8-2-4-12-5-3-8/h2-7H,1H3,(H,15,16). The number of pyridine rings is 1. The number of carbonyl (C=O) groups excluding carboxylic acids is 1. The number of aromatic nitrogens is 3. The van der Waals surface area contributed by atoms with Crippen molar-refractivity contribution in [1.29, 1.82) is 0 Å². The monoisotopic (exact) mass is 278 g/mol. The molecule has 0 unspecified atom stereocenters. The minimum absolute atomic E-state index is 0.283. The van der Waals surface area contributed by atoms with Crippen LogP contribution in [0.1, 0.15) is 10.4 Å². The number of sulfone groups is 1. The molecule has 0 atom stereocenters. The Morgan fingerprint density at radius 3 is 2.26 bits per heavy atom. The summed E-state index contributed by atoms with van der Waals surface area (Å²) < 4.78 is 22.3. The van der Waals surface area contributed by atoms with E-state index in [2.05, 4.69) is 20.3 Å². The highest BCUT2D eigenvalue weighted by molar-refractivity contribution is 7.90. The van der Waals surface area contributed by atoms with Crippen LogP contribution in [0.2, 0.25) is 0 Å². The fourth-order valence-electron chi connectivity index (χ4n) is 1.28. The van der Waals surface area contributed by atoms with Crippen molar-refractivity contribution in [2.24, 2.45) is 0 Å². The van der Waals surface area contributed by atoms with Crippen molar-refractivity contribution in [2.75, 3.05) is 11.6 Å². The lowest BCUT2D eigenvalue weighted by Gasteiger charge is -2.04. The van der Waals surface area contributed by atoms with Crippen LogP contribution in [0.25, 0.3) is 0 Å². The van der Waals surface area contributed by atoms with Gasteiger partial charge >= 0.3 is 0 Å². The van der Waals surface area contributed by atoms with Crippen LogP contribution in [0, 0.1) is 0 Å². The Bertz CT molecular complexity index is 684. The molecule has 0 aliphatic carbocycles. The second-order valence-electron chi connectivity index (χ2n) is 3.72. The fraction of sp³-hybridized carbons (Fsp3) is 0.0909. The summed E-state index contributed by atoms with van der Waals surface area (Å²) in [4.78, 5) is 22.9. The van der Waals surface area contributed by atoms with Crippen LogP contribution in [0.3, 0.4) is 0 Å². The van der Waals surface area contributed by atoms with Gasteiger partial charge in [-0.05, 0) is 12.1 Å². The van der Waals surface area contributed by atoms with E-state index in [1.54, 1.807) is 12.1 Å². The highest BCUT2D eigenvalue weighted by atomic mass is 32.2. The molecule has 1 amide bonds. The van der Waals surface area contributed by atoms with Crippen molar-refractivity contribution in [3.05, 3.63) is 42.5 Å². The van der Waals surface area contributed by atoms with E-state index in [0.717, 1.165) is 6.26 Å². The SMILES string of the molecule is CS(=O)(=O)c1ncc(NC(=O)c2ccncc2)cn1. The maximum Gasteiger partial charge on any atom is 0.255 e. The van der Waals surface area contributed by atoms with Gasteiger partial charge in [-0.2, -0.15) is 0 Å². The summed E-state index contributed by atoms with van der Waals surface area (Å²) in [5.74, 6) is -0.349. The number of carbonyl (C=O) groups is 1. The summed E-state index contributed by atoms with van der Waals surface area (Å²) in [5.41, 5.74) is 0.747. The third-order valence-electron chi connectivity index (χ3n) is 2.16. The van der Waals surface area contributed by atoms with Crippen LogP contribution in [0.4, 0.5) is 5.69 Å². The summed E-state index contributed by atoms with van der Waals surface area (Å²) in [6.45, 7) is 0. The van der Waals surface area contributed by atoms with Gasteiger partial charge < -0.3 is 5.32 Å². The van der Waals surface area contributed by atoms with Gasteiger partial charge in [-0.1, -0.05) is 0 Å². The Labute approximate surface area is 109 Å². The van der Waals surface area contributed by atoms with E-state index < -0.39 is 9.84 Å². The predicted molar refractivity (Wildman–Crippen MR) is 67.3 cm³/mol. The minimum Gasteiger partial charge on any atom is -0.319 e. The Hall–Kier alpha value is -2.35. The highest BCUT2D eigenvalue weighted by Crippen LogP contribution is 2.08. The maximum absolute atomic E-state index is 11.8. The molecular formula is C11H10N4O3S. The molecular weight excluding hydrogens is 268 g/mol. The molecule has 7 nitrogen and oxygen atoms in total. The normalized spacial score (nSPS) is 11.0. The third kappa shape index (κ3) is 3.32. The van der Waals surface area contributed by atoms with Crippen LogP contribution in [0.5, 0.6) is 0 Å². The number of amides is 1. The largest absolute Gasteiger partial charge is 0.319 e. The van der Waals surface area contributed by atoms with Crippen molar-refractivity contribution in [1.82, 2.24) is 15.0 Å². The van der Waals surface area contributed by atoms with Crippen LogP contribution >= 0.6 is 0 Å². The van der Waals surface area contributed by atoms with E-state index in [9.17, 15) is 13.2 Å². The van der Waals surface area contributed by atoms with Gasteiger partial charge in [0.05, 0.1) is 18.1 Å². The van der Waals surface area contributed by atoms with Gasteiger partial charge in [-0.25, -0.2) is 18.4 Å². The van der Waals surface area contributed by atoms with Gasteiger partial charge in [0.2, 0.25) is 15.0 Å². The molecule has 0 bridgehead atoms. The first-order valence-electron chi connectivity index (χ1n) is 5.20. The fourth-order valence-corrected chi connectivity index (χ4v) is 1.77. The first-order chi connectivity index (χ1) is 8.97. The Morgan fingerprint density at radius 2 is 1.74 bits per heavy atom. The molecule has 1 N–H and O–H groups in total. The summed E-state index contributed by atoms with van der Waals surface area (Å²) in [5, 5.41) is 2.27. The molecule has 0 aromatic carbocycles.